The van der Waals surface area contributed by atoms with E-state index in [1.807, 2.05) is 36.4 Å². The first-order valence-electron chi connectivity index (χ1n) is 10.5. The summed E-state index contributed by atoms with van der Waals surface area (Å²) in [6.45, 7) is -0.0527. The van der Waals surface area contributed by atoms with E-state index in [1.165, 1.54) is 12.0 Å². The predicted molar refractivity (Wildman–Crippen MR) is 117 cm³/mol. The maximum atomic E-state index is 12.6. The summed E-state index contributed by atoms with van der Waals surface area (Å²) >= 11 is 0. The van der Waals surface area contributed by atoms with Crippen molar-refractivity contribution in [3.63, 3.8) is 0 Å². The molecule has 0 aromatic heterocycles. The Kier molecular flexibility index (Phi) is 7.66. The maximum absolute atomic E-state index is 12.6. The molecule has 1 aliphatic rings. The van der Waals surface area contributed by atoms with Gasteiger partial charge in [0.2, 0.25) is 5.91 Å². The van der Waals surface area contributed by atoms with Crippen molar-refractivity contribution in [2.45, 2.75) is 37.5 Å². The zero-order valence-corrected chi connectivity index (χ0v) is 18.2. The number of carboxylic acid groups (broad SMARTS) is 1. The van der Waals surface area contributed by atoms with Crippen molar-refractivity contribution in [1.29, 1.82) is 0 Å². The molecule has 174 valence electrons. The van der Waals surface area contributed by atoms with E-state index in [0.29, 0.717) is 0 Å². The summed E-state index contributed by atoms with van der Waals surface area (Å²) in [4.78, 5) is 50.1. The van der Waals surface area contributed by atoms with Gasteiger partial charge in [-0.1, -0.05) is 60.7 Å². The van der Waals surface area contributed by atoms with Gasteiger partial charge in [-0.15, -0.1) is 0 Å². The van der Waals surface area contributed by atoms with Gasteiger partial charge in [0.25, 0.3) is 0 Å². The molecule has 0 radical (unpaired) electrons. The third-order valence-electron chi connectivity index (χ3n) is 5.61. The van der Waals surface area contributed by atoms with Gasteiger partial charge >= 0.3 is 18.0 Å². The topological polar surface area (TPSA) is 122 Å². The van der Waals surface area contributed by atoms with Gasteiger partial charge in [0.1, 0.15) is 12.6 Å². The molecule has 9 nitrogen and oxygen atoms in total. The summed E-state index contributed by atoms with van der Waals surface area (Å²) in [5, 5.41) is 11.8. The van der Waals surface area contributed by atoms with E-state index in [9.17, 15) is 24.3 Å². The fourth-order valence-electron chi connectivity index (χ4n) is 3.89. The minimum Gasteiger partial charge on any atom is -0.480 e. The van der Waals surface area contributed by atoms with E-state index < -0.39 is 29.6 Å². The number of hydrogen-bond donors (Lipinski definition) is 2. The Morgan fingerprint density at radius 1 is 1.06 bits per heavy atom. The van der Waals surface area contributed by atoms with E-state index in [1.54, 1.807) is 24.3 Å². The van der Waals surface area contributed by atoms with Crippen molar-refractivity contribution in [2.75, 3.05) is 13.7 Å². The lowest BCUT2D eigenvalue weighted by Crippen LogP contribution is -2.69. The lowest BCUT2D eigenvalue weighted by Gasteiger charge is -2.50. The van der Waals surface area contributed by atoms with Crippen LogP contribution in [0.15, 0.2) is 60.7 Å². The highest BCUT2D eigenvalue weighted by molar-refractivity contribution is 5.99. The summed E-state index contributed by atoms with van der Waals surface area (Å²) in [7, 11) is 1.25. The van der Waals surface area contributed by atoms with E-state index in [-0.39, 0.29) is 38.3 Å². The first kappa shape index (κ1) is 23.8. The number of likely N-dealkylation sites (tertiary alicyclic amines) is 1. The van der Waals surface area contributed by atoms with Crippen molar-refractivity contribution < 1.29 is 33.8 Å². The summed E-state index contributed by atoms with van der Waals surface area (Å²) in [5.74, 6) is -2.12. The zero-order valence-electron chi connectivity index (χ0n) is 18.2. The van der Waals surface area contributed by atoms with Crippen LogP contribution in [0.1, 0.15) is 24.0 Å². The van der Waals surface area contributed by atoms with Crippen LogP contribution in [-0.2, 0) is 36.9 Å². The van der Waals surface area contributed by atoms with Crippen LogP contribution >= 0.6 is 0 Å². The minimum absolute atomic E-state index is 0.00779. The Hall–Kier alpha value is -3.88. The van der Waals surface area contributed by atoms with E-state index in [2.05, 4.69) is 5.32 Å². The van der Waals surface area contributed by atoms with Gasteiger partial charge in [-0.05, 0) is 17.5 Å². The molecule has 1 fully saturated rings. The van der Waals surface area contributed by atoms with Gasteiger partial charge in [0, 0.05) is 13.0 Å². The number of amides is 2. The quantitative estimate of drug-likeness (QED) is 0.417. The number of aliphatic carboxylic acids is 1. The number of rotatable bonds is 10. The number of esters is 1. The molecule has 1 unspecified atom stereocenters. The smallest absolute Gasteiger partial charge is 0.408 e. The molecule has 2 amide bonds. The fourth-order valence-corrected chi connectivity index (χ4v) is 3.89. The van der Waals surface area contributed by atoms with Crippen LogP contribution in [0.5, 0.6) is 0 Å². The molecule has 1 aliphatic heterocycles. The normalized spacial score (nSPS) is 18.1. The summed E-state index contributed by atoms with van der Waals surface area (Å²) in [5.41, 5.74) is 0.400. The number of methoxy groups -OCH3 is 1. The van der Waals surface area contributed by atoms with Crippen molar-refractivity contribution in [3.05, 3.63) is 71.8 Å². The van der Waals surface area contributed by atoms with Crippen LogP contribution in [0.4, 0.5) is 4.79 Å². The summed E-state index contributed by atoms with van der Waals surface area (Å²) < 4.78 is 10.0. The van der Waals surface area contributed by atoms with Gasteiger partial charge in [0.05, 0.1) is 13.5 Å². The lowest BCUT2D eigenvalue weighted by atomic mass is 9.78. The number of ether oxygens (including phenoxy) is 2. The number of nitrogens with one attached hydrogen (secondary N) is 1. The summed E-state index contributed by atoms with van der Waals surface area (Å²) in [6, 6.07) is 16.9. The molecule has 0 saturated carbocycles. The minimum atomic E-state index is -1.30. The first-order valence-corrected chi connectivity index (χ1v) is 10.5. The first-order chi connectivity index (χ1) is 15.9. The van der Waals surface area contributed by atoms with Crippen LogP contribution in [0.3, 0.4) is 0 Å². The second-order valence-electron chi connectivity index (χ2n) is 7.79. The standard InChI is InChI=1S/C24H26N2O7/c1-32-22(30)24(14-17-8-4-2-5-9-17)15-20(27)26(24)13-12-19(21(28)29)25-23(31)33-16-18-10-6-3-7-11-18/h2-11,19H,12-16H2,1H3,(H,25,31)(H,28,29)/t19-,24?/m0/s1. The van der Waals surface area contributed by atoms with Crippen LogP contribution in [0.25, 0.3) is 0 Å². The predicted octanol–water partition coefficient (Wildman–Crippen LogP) is 2.14. The Bertz CT molecular complexity index is 996. The Balaban J connectivity index is 1.63. The molecule has 1 heterocycles. The number of benzene rings is 2. The molecule has 0 spiro atoms. The molecule has 33 heavy (non-hydrogen) atoms. The molecule has 1 saturated heterocycles. The van der Waals surface area contributed by atoms with E-state index in [0.717, 1.165) is 11.1 Å². The Labute approximate surface area is 191 Å². The number of carbonyl (C=O) groups excluding carboxylic acids is 3. The monoisotopic (exact) mass is 454 g/mol. The number of hydrogen-bond acceptors (Lipinski definition) is 6. The van der Waals surface area contributed by atoms with Crippen LogP contribution in [0, 0.1) is 0 Å². The number of nitrogens with zero attached hydrogens (tertiary/aromatic N) is 1. The van der Waals surface area contributed by atoms with Crippen LogP contribution in [0.2, 0.25) is 0 Å². The molecule has 0 bridgehead atoms. The Morgan fingerprint density at radius 3 is 2.21 bits per heavy atom. The average Bonchev–Trinajstić information content (AvgIpc) is 2.82. The van der Waals surface area contributed by atoms with Crippen molar-refractivity contribution >= 4 is 23.9 Å². The number of β-lactam (4-membered cyclic amide) rings is 1. The van der Waals surface area contributed by atoms with E-state index >= 15 is 0 Å². The lowest BCUT2D eigenvalue weighted by molar-refractivity contribution is -0.178. The second kappa shape index (κ2) is 10.6. The molecule has 2 atom stereocenters. The van der Waals surface area contributed by atoms with Crippen molar-refractivity contribution in [2.24, 2.45) is 0 Å². The highest BCUT2D eigenvalue weighted by atomic mass is 16.5. The van der Waals surface area contributed by atoms with Crippen molar-refractivity contribution in [3.8, 4) is 0 Å². The number of carboxylic acids is 1. The summed E-state index contributed by atoms with van der Waals surface area (Å²) in [6.07, 6.45) is -0.769. The molecule has 9 heteroatoms. The second-order valence-corrected chi connectivity index (χ2v) is 7.79. The highest BCUT2D eigenvalue weighted by Crippen LogP contribution is 2.37. The van der Waals surface area contributed by atoms with E-state index in [4.69, 9.17) is 9.47 Å². The Morgan fingerprint density at radius 2 is 1.67 bits per heavy atom. The molecule has 2 N–H and O–H groups in total. The zero-order chi connectivity index (χ0) is 23.8. The number of carbonyl (C=O) groups is 4. The van der Waals surface area contributed by atoms with Gasteiger partial charge in [0.15, 0.2) is 5.54 Å². The molecular weight excluding hydrogens is 428 g/mol. The van der Waals surface area contributed by atoms with Crippen LogP contribution in [-0.4, -0.2) is 59.2 Å². The molecular formula is C24H26N2O7. The third kappa shape index (κ3) is 5.68. The van der Waals surface area contributed by atoms with Crippen LogP contribution < -0.4 is 5.32 Å². The van der Waals surface area contributed by atoms with Gasteiger partial charge < -0.3 is 24.8 Å². The molecule has 3 rings (SSSR count). The highest BCUT2D eigenvalue weighted by Gasteiger charge is 2.57. The molecule has 2 aromatic carbocycles. The average molecular weight is 454 g/mol. The number of alkyl carbamates (subject to hydrolysis) is 1. The van der Waals surface area contributed by atoms with Crippen molar-refractivity contribution in [1.82, 2.24) is 10.2 Å². The fraction of sp³-hybridized carbons (Fsp3) is 0.333. The molecule has 2 aromatic rings. The van der Waals surface area contributed by atoms with Gasteiger partial charge in [-0.2, -0.15) is 0 Å². The van der Waals surface area contributed by atoms with Gasteiger partial charge in [-0.3, -0.25) is 4.79 Å². The van der Waals surface area contributed by atoms with Gasteiger partial charge in [-0.25, -0.2) is 14.4 Å². The molecule has 0 aliphatic carbocycles. The maximum Gasteiger partial charge on any atom is 0.408 e. The largest absolute Gasteiger partial charge is 0.480 e. The SMILES string of the molecule is COC(=O)C1(Cc2ccccc2)CC(=O)N1CC[C@H](NC(=O)OCc1ccccc1)C(=O)O. The third-order valence-corrected chi connectivity index (χ3v) is 5.61.